The van der Waals surface area contributed by atoms with Crippen LogP contribution in [0.4, 0.5) is 5.69 Å². The molecule has 0 unspecified atom stereocenters. The zero-order valence-corrected chi connectivity index (χ0v) is 11.5. The molecule has 17 heavy (non-hydrogen) atoms. The summed E-state index contributed by atoms with van der Waals surface area (Å²) in [5.74, 6) is 0. The second kappa shape index (κ2) is 6.65. The first-order valence-electron chi connectivity index (χ1n) is 6.65. The van der Waals surface area contributed by atoms with Gasteiger partial charge in [-0.05, 0) is 32.8 Å². The van der Waals surface area contributed by atoms with E-state index >= 15 is 0 Å². The van der Waals surface area contributed by atoms with Crippen molar-refractivity contribution in [3.05, 3.63) is 29.8 Å². The van der Waals surface area contributed by atoms with Crippen molar-refractivity contribution in [3.8, 4) is 0 Å². The van der Waals surface area contributed by atoms with Crippen molar-refractivity contribution in [1.29, 1.82) is 0 Å². The van der Waals surface area contributed by atoms with Crippen molar-refractivity contribution in [2.24, 2.45) is 0 Å². The van der Waals surface area contributed by atoms with E-state index in [2.05, 4.69) is 31.7 Å². The number of para-hydroxylation sites is 1. The largest absolute Gasteiger partial charge is 0.388 e. The molecule has 1 aromatic rings. The molecule has 1 aromatic carbocycles. The van der Waals surface area contributed by atoms with Crippen LogP contribution in [0.1, 0.15) is 52.2 Å². The Morgan fingerprint density at radius 2 is 1.82 bits per heavy atom. The van der Waals surface area contributed by atoms with Crippen LogP contribution in [-0.4, -0.2) is 17.7 Å². The molecule has 0 heterocycles. The van der Waals surface area contributed by atoms with Crippen molar-refractivity contribution in [3.63, 3.8) is 0 Å². The maximum atomic E-state index is 10.1. The lowest BCUT2D eigenvalue weighted by molar-refractivity contribution is 0.174. The second-order valence-electron chi connectivity index (χ2n) is 4.77. The molecule has 0 bridgehead atoms. The van der Waals surface area contributed by atoms with Gasteiger partial charge in [0, 0.05) is 23.8 Å². The van der Waals surface area contributed by atoms with Crippen molar-refractivity contribution >= 4 is 5.69 Å². The highest BCUT2D eigenvalue weighted by molar-refractivity contribution is 5.55. The van der Waals surface area contributed by atoms with Gasteiger partial charge in [-0.25, -0.2) is 0 Å². The van der Waals surface area contributed by atoms with Gasteiger partial charge in [-0.1, -0.05) is 32.0 Å². The van der Waals surface area contributed by atoms with E-state index in [0.29, 0.717) is 6.04 Å². The van der Waals surface area contributed by atoms with Crippen molar-refractivity contribution in [2.75, 3.05) is 11.4 Å². The lowest BCUT2D eigenvalue weighted by Gasteiger charge is -2.31. The van der Waals surface area contributed by atoms with Crippen molar-refractivity contribution in [2.45, 2.75) is 52.7 Å². The smallest absolute Gasteiger partial charge is 0.0807 e. The fourth-order valence-electron chi connectivity index (χ4n) is 2.15. The maximum Gasteiger partial charge on any atom is 0.0807 e. The van der Waals surface area contributed by atoms with Crippen LogP contribution in [0.3, 0.4) is 0 Å². The van der Waals surface area contributed by atoms with E-state index in [-0.39, 0.29) is 6.10 Å². The molecule has 1 N–H and O–H groups in total. The summed E-state index contributed by atoms with van der Waals surface area (Å²) < 4.78 is 0. The zero-order chi connectivity index (χ0) is 12.8. The maximum absolute atomic E-state index is 10.1. The van der Waals surface area contributed by atoms with E-state index in [0.717, 1.165) is 24.9 Å². The molecule has 1 atom stereocenters. The molecule has 96 valence electrons. The SMILES string of the molecule is CCCN(c1ccccc1[C@H](O)CC)C(C)C. The number of aliphatic hydroxyl groups is 1. The number of anilines is 1. The average Bonchev–Trinajstić information content (AvgIpc) is 2.34. The molecule has 1 rings (SSSR count). The number of nitrogens with zero attached hydrogens (tertiary/aromatic N) is 1. The molecular formula is C15H25NO. The number of aliphatic hydroxyl groups excluding tert-OH is 1. The Balaban J connectivity index is 3.09. The first-order valence-corrected chi connectivity index (χ1v) is 6.65. The first-order chi connectivity index (χ1) is 8.11. The van der Waals surface area contributed by atoms with Crippen molar-refractivity contribution in [1.82, 2.24) is 0 Å². The Morgan fingerprint density at radius 3 is 2.35 bits per heavy atom. The molecule has 0 amide bonds. The van der Waals surface area contributed by atoms with Gasteiger partial charge in [0.1, 0.15) is 0 Å². The van der Waals surface area contributed by atoms with E-state index in [1.54, 1.807) is 0 Å². The third-order valence-electron chi connectivity index (χ3n) is 3.08. The van der Waals surface area contributed by atoms with Crippen LogP contribution in [0.25, 0.3) is 0 Å². The molecular weight excluding hydrogens is 210 g/mol. The highest BCUT2D eigenvalue weighted by atomic mass is 16.3. The van der Waals surface area contributed by atoms with E-state index in [9.17, 15) is 5.11 Å². The summed E-state index contributed by atoms with van der Waals surface area (Å²) in [4.78, 5) is 2.37. The number of rotatable bonds is 6. The van der Waals surface area contributed by atoms with Gasteiger partial charge in [0.05, 0.1) is 6.10 Å². The van der Waals surface area contributed by atoms with Crippen LogP contribution in [0, 0.1) is 0 Å². The van der Waals surface area contributed by atoms with Gasteiger partial charge in [-0.15, -0.1) is 0 Å². The number of benzene rings is 1. The Labute approximate surface area is 105 Å². The summed E-state index contributed by atoms with van der Waals surface area (Å²) in [6, 6.07) is 8.66. The standard InChI is InChI=1S/C15H25NO/c1-5-11-16(12(3)4)14-10-8-7-9-13(14)15(17)6-2/h7-10,12,15,17H,5-6,11H2,1-4H3/t15-/m1/s1. The molecule has 2 nitrogen and oxygen atoms in total. The van der Waals surface area contributed by atoms with Gasteiger partial charge in [-0.2, -0.15) is 0 Å². The molecule has 0 saturated carbocycles. The average molecular weight is 235 g/mol. The van der Waals surface area contributed by atoms with Gasteiger partial charge in [0.2, 0.25) is 0 Å². The van der Waals surface area contributed by atoms with Gasteiger partial charge >= 0.3 is 0 Å². The van der Waals surface area contributed by atoms with Crippen LogP contribution in [0.5, 0.6) is 0 Å². The quantitative estimate of drug-likeness (QED) is 0.811. The molecule has 0 aromatic heterocycles. The Morgan fingerprint density at radius 1 is 1.18 bits per heavy atom. The molecule has 0 aliphatic carbocycles. The lowest BCUT2D eigenvalue weighted by Crippen LogP contribution is -2.32. The number of hydrogen-bond acceptors (Lipinski definition) is 2. The van der Waals surface area contributed by atoms with Crippen molar-refractivity contribution < 1.29 is 5.11 Å². The van der Waals surface area contributed by atoms with Gasteiger partial charge in [0.15, 0.2) is 0 Å². The summed E-state index contributed by atoms with van der Waals surface area (Å²) in [6.07, 6.45) is 1.52. The van der Waals surface area contributed by atoms with Gasteiger partial charge in [0.25, 0.3) is 0 Å². The fourth-order valence-corrected chi connectivity index (χ4v) is 2.15. The minimum atomic E-state index is -0.357. The molecule has 0 saturated heterocycles. The summed E-state index contributed by atoms with van der Waals surface area (Å²) >= 11 is 0. The molecule has 0 fully saturated rings. The van der Waals surface area contributed by atoms with Crippen LogP contribution in [0.2, 0.25) is 0 Å². The predicted octanol–water partition coefficient (Wildman–Crippen LogP) is 3.75. The minimum Gasteiger partial charge on any atom is -0.388 e. The fraction of sp³-hybridized carbons (Fsp3) is 0.600. The summed E-state index contributed by atoms with van der Waals surface area (Å²) in [7, 11) is 0. The minimum absolute atomic E-state index is 0.357. The third kappa shape index (κ3) is 3.47. The van der Waals surface area contributed by atoms with E-state index < -0.39 is 0 Å². The third-order valence-corrected chi connectivity index (χ3v) is 3.08. The lowest BCUT2D eigenvalue weighted by atomic mass is 10.0. The van der Waals surface area contributed by atoms with Crippen LogP contribution < -0.4 is 4.90 Å². The van der Waals surface area contributed by atoms with Crippen LogP contribution in [-0.2, 0) is 0 Å². The summed E-state index contributed by atoms with van der Waals surface area (Å²) in [6.45, 7) is 9.63. The highest BCUT2D eigenvalue weighted by Gasteiger charge is 2.16. The summed E-state index contributed by atoms with van der Waals surface area (Å²) in [5, 5.41) is 10.1. The second-order valence-corrected chi connectivity index (χ2v) is 4.77. The Hall–Kier alpha value is -1.02. The van der Waals surface area contributed by atoms with Crippen LogP contribution in [0.15, 0.2) is 24.3 Å². The topological polar surface area (TPSA) is 23.5 Å². The Bertz CT molecular complexity index is 335. The van der Waals surface area contributed by atoms with Gasteiger partial charge in [-0.3, -0.25) is 0 Å². The van der Waals surface area contributed by atoms with E-state index in [1.165, 1.54) is 5.69 Å². The molecule has 0 radical (unpaired) electrons. The number of hydrogen-bond donors (Lipinski definition) is 1. The summed E-state index contributed by atoms with van der Waals surface area (Å²) in [5.41, 5.74) is 2.23. The monoisotopic (exact) mass is 235 g/mol. The van der Waals surface area contributed by atoms with E-state index in [4.69, 9.17) is 0 Å². The molecule has 0 aliphatic rings. The van der Waals surface area contributed by atoms with Crippen LogP contribution >= 0.6 is 0 Å². The Kier molecular flexibility index (Phi) is 5.49. The predicted molar refractivity (Wildman–Crippen MR) is 74.5 cm³/mol. The highest BCUT2D eigenvalue weighted by Crippen LogP contribution is 2.29. The zero-order valence-electron chi connectivity index (χ0n) is 11.5. The van der Waals surface area contributed by atoms with E-state index in [1.807, 2.05) is 25.1 Å². The molecule has 2 heteroatoms. The molecule has 0 spiro atoms. The normalized spacial score (nSPS) is 12.8. The first kappa shape index (κ1) is 14.0. The van der Waals surface area contributed by atoms with Gasteiger partial charge < -0.3 is 10.0 Å². The molecule has 0 aliphatic heterocycles.